The number of hydrogen-bond donors (Lipinski definition) is 2. The number of carbonyl (C=O) groups excluding carboxylic acids is 2. The fourth-order valence-corrected chi connectivity index (χ4v) is 7.55. The lowest BCUT2D eigenvalue weighted by molar-refractivity contribution is -0.114. The zero-order chi connectivity index (χ0) is 37.6. The summed E-state index contributed by atoms with van der Waals surface area (Å²) >= 11 is 2.70. The largest absolute Gasteiger partial charge is 0.461 e. The van der Waals surface area contributed by atoms with Gasteiger partial charge in [0.15, 0.2) is 33.5 Å². The second-order valence-corrected chi connectivity index (χ2v) is 13.8. The summed E-state index contributed by atoms with van der Waals surface area (Å²) in [5.41, 5.74) is 4.29. The number of carbonyl (C=O) groups is 2. The Hall–Kier alpha value is -6.07. The number of nitrogens with one attached hydrogen (secondary N) is 2. The van der Waals surface area contributed by atoms with Crippen LogP contribution in [-0.2, 0) is 36.8 Å². The van der Waals surface area contributed by atoms with Gasteiger partial charge in [0.05, 0.1) is 58.3 Å². The van der Waals surface area contributed by atoms with Gasteiger partial charge in [-0.2, -0.15) is 0 Å². The summed E-state index contributed by atoms with van der Waals surface area (Å²) in [6.45, 7) is 5.38. The third kappa shape index (κ3) is 7.67. The van der Waals surface area contributed by atoms with Gasteiger partial charge in [0.25, 0.3) is 0 Å². The van der Waals surface area contributed by atoms with E-state index in [-0.39, 0.29) is 23.3 Å². The first-order valence-electron chi connectivity index (χ1n) is 17.1. The topological polar surface area (TPSA) is 169 Å². The van der Waals surface area contributed by atoms with Crippen LogP contribution in [0.2, 0.25) is 0 Å². The normalized spacial score (nSPS) is 11.2. The Morgan fingerprint density at radius 1 is 0.667 bits per heavy atom. The molecule has 2 N–H and O–H groups in total. The number of aryl methyl sites for hydroxylation is 2. The van der Waals surface area contributed by atoms with Crippen molar-refractivity contribution in [2.24, 2.45) is 14.1 Å². The Balaban J connectivity index is 0.000000167. The van der Waals surface area contributed by atoms with Crippen molar-refractivity contribution in [2.45, 2.75) is 37.2 Å². The first-order valence-corrected chi connectivity index (χ1v) is 19.0. The predicted octanol–water partition coefficient (Wildman–Crippen LogP) is 6.96. The highest BCUT2D eigenvalue weighted by Gasteiger charge is 2.18. The first-order chi connectivity index (χ1) is 26.3. The molecule has 0 aliphatic heterocycles. The molecule has 54 heavy (non-hydrogen) atoms. The minimum atomic E-state index is -0.112. The smallest absolute Gasteiger partial charge is 0.234 e. The van der Waals surface area contributed by atoms with Gasteiger partial charge in [-0.15, -0.1) is 20.4 Å². The molecule has 8 aromatic rings. The molecule has 0 spiro atoms. The van der Waals surface area contributed by atoms with Crippen molar-refractivity contribution < 1.29 is 18.4 Å². The predicted molar refractivity (Wildman–Crippen MR) is 209 cm³/mol. The highest BCUT2D eigenvalue weighted by Crippen LogP contribution is 2.28. The highest BCUT2D eigenvalue weighted by molar-refractivity contribution is 8.00. The van der Waals surface area contributed by atoms with Gasteiger partial charge in [0.1, 0.15) is 0 Å². The van der Waals surface area contributed by atoms with E-state index in [1.807, 2.05) is 119 Å². The molecule has 0 aliphatic rings. The highest BCUT2D eigenvalue weighted by atomic mass is 32.2. The van der Waals surface area contributed by atoms with Gasteiger partial charge in [-0.05, 0) is 62.4 Å². The second kappa shape index (κ2) is 16.3. The molecule has 0 atom stereocenters. The van der Waals surface area contributed by atoms with Crippen LogP contribution in [0.1, 0.15) is 13.8 Å². The summed E-state index contributed by atoms with van der Waals surface area (Å²) in [7, 11) is 3.87. The number of para-hydroxylation sites is 2. The van der Waals surface area contributed by atoms with Gasteiger partial charge in [0.2, 0.25) is 11.8 Å². The maximum Gasteiger partial charge on any atom is 0.234 e. The summed E-state index contributed by atoms with van der Waals surface area (Å²) in [6, 6.07) is 20.9. The van der Waals surface area contributed by atoms with Crippen LogP contribution in [0.5, 0.6) is 0 Å². The molecule has 0 fully saturated rings. The fraction of sp³-hybridized carbons (Fsp3) is 0.216. The molecule has 0 saturated carbocycles. The van der Waals surface area contributed by atoms with Crippen LogP contribution in [0.4, 0.5) is 11.4 Å². The number of nitrogens with zero attached hydrogens (tertiary/aromatic N) is 9. The van der Waals surface area contributed by atoms with Gasteiger partial charge in [-0.1, -0.05) is 41.7 Å². The Labute approximate surface area is 318 Å². The van der Waals surface area contributed by atoms with E-state index in [1.165, 1.54) is 23.5 Å². The van der Waals surface area contributed by atoms with E-state index in [9.17, 15) is 9.59 Å². The SMILES string of the molecule is CCn1c(SCC(=O)Nc2cccc3ccn(C)c23)nnc1-c1ccco1.CCn1c(SCC(=O)Nc2cccc3ncn(C)c23)nnc1-c1ccco1. The number of imidazole rings is 1. The van der Waals surface area contributed by atoms with E-state index < -0.39 is 0 Å². The molecular formula is C37H37N11O4S2. The Morgan fingerprint density at radius 3 is 1.76 bits per heavy atom. The molecule has 15 nitrogen and oxygen atoms in total. The first kappa shape index (κ1) is 36.3. The molecule has 0 saturated heterocycles. The zero-order valence-electron chi connectivity index (χ0n) is 30.0. The van der Waals surface area contributed by atoms with E-state index in [4.69, 9.17) is 8.83 Å². The maximum absolute atomic E-state index is 12.5. The van der Waals surface area contributed by atoms with E-state index in [0.29, 0.717) is 46.6 Å². The number of benzene rings is 2. The summed E-state index contributed by atoms with van der Waals surface area (Å²) in [5.74, 6) is 2.92. The van der Waals surface area contributed by atoms with Gasteiger partial charge in [-0.3, -0.25) is 18.7 Å². The molecule has 0 bridgehead atoms. The standard InChI is InChI=1S/C19H19N5O2S.C18H18N6O2S/c1-3-24-18(15-8-5-11-26-15)21-22-19(24)27-12-16(25)20-14-7-4-6-13-9-10-23(2)17(13)14;1-3-24-17(14-8-5-9-26-14)21-22-18(24)27-10-15(25)20-13-7-4-6-12-16(13)23(2)11-19-12/h4-11H,3,12H2,1-2H3,(H,20,25);4-9,11H,3,10H2,1-2H3,(H,20,25). The van der Waals surface area contributed by atoms with Crippen LogP contribution in [0.15, 0.2) is 111 Å². The number of amides is 2. The molecule has 2 amide bonds. The van der Waals surface area contributed by atoms with Gasteiger partial charge >= 0.3 is 0 Å². The number of thioether (sulfide) groups is 2. The van der Waals surface area contributed by atoms with Gasteiger partial charge in [0, 0.05) is 38.8 Å². The summed E-state index contributed by atoms with van der Waals surface area (Å²) in [6.07, 6.45) is 6.92. The molecule has 2 aromatic carbocycles. The number of fused-ring (bicyclic) bond motifs is 2. The summed E-state index contributed by atoms with van der Waals surface area (Å²) in [4.78, 5) is 29.2. The van der Waals surface area contributed by atoms with Crippen molar-refractivity contribution in [1.82, 2.24) is 43.6 Å². The monoisotopic (exact) mass is 763 g/mol. The van der Waals surface area contributed by atoms with Gasteiger partial charge in [-0.25, -0.2) is 4.98 Å². The van der Waals surface area contributed by atoms with Crippen LogP contribution < -0.4 is 10.6 Å². The Morgan fingerprint density at radius 2 is 1.22 bits per heavy atom. The Bertz CT molecular complexity index is 2340. The number of rotatable bonds is 12. The lowest BCUT2D eigenvalue weighted by Crippen LogP contribution is -2.15. The molecule has 8 rings (SSSR count). The number of hydrogen-bond acceptors (Lipinski definition) is 11. The van der Waals surface area contributed by atoms with Crippen molar-refractivity contribution >= 4 is 68.6 Å². The van der Waals surface area contributed by atoms with Crippen molar-refractivity contribution in [2.75, 3.05) is 22.1 Å². The van der Waals surface area contributed by atoms with Crippen molar-refractivity contribution in [3.8, 4) is 23.2 Å². The summed E-state index contributed by atoms with van der Waals surface area (Å²) in [5, 5.41) is 25.2. The van der Waals surface area contributed by atoms with E-state index in [1.54, 1.807) is 18.9 Å². The molecule has 276 valence electrons. The minimum Gasteiger partial charge on any atom is -0.461 e. The van der Waals surface area contributed by atoms with Crippen LogP contribution in [0, 0.1) is 0 Å². The average molecular weight is 764 g/mol. The lowest BCUT2D eigenvalue weighted by Gasteiger charge is -2.09. The molecule has 0 aliphatic carbocycles. The molecule has 17 heteroatoms. The lowest BCUT2D eigenvalue weighted by atomic mass is 10.2. The van der Waals surface area contributed by atoms with E-state index in [0.717, 1.165) is 33.3 Å². The number of anilines is 2. The van der Waals surface area contributed by atoms with Crippen molar-refractivity contribution in [1.29, 1.82) is 0 Å². The fourth-order valence-electron chi connectivity index (χ4n) is 5.94. The van der Waals surface area contributed by atoms with Crippen LogP contribution in [0.25, 0.3) is 45.1 Å². The Kier molecular flexibility index (Phi) is 11.0. The second-order valence-electron chi connectivity index (χ2n) is 11.9. The average Bonchev–Trinajstić information content (AvgIpc) is 4.03. The van der Waals surface area contributed by atoms with E-state index in [2.05, 4.69) is 36.0 Å². The molecule has 6 heterocycles. The summed E-state index contributed by atoms with van der Waals surface area (Å²) < 4.78 is 18.6. The van der Waals surface area contributed by atoms with Gasteiger partial charge < -0.3 is 28.6 Å². The van der Waals surface area contributed by atoms with Crippen LogP contribution in [-0.4, -0.2) is 67.0 Å². The number of furan rings is 2. The van der Waals surface area contributed by atoms with Crippen LogP contribution >= 0.6 is 23.5 Å². The third-order valence-electron chi connectivity index (χ3n) is 8.40. The quantitative estimate of drug-likeness (QED) is 0.124. The van der Waals surface area contributed by atoms with Crippen molar-refractivity contribution in [3.63, 3.8) is 0 Å². The maximum atomic E-state index is 12.5. The third-order valence-corrected chi connectivity index (χ3v) is 10.3. The van der Waals surface area contributed by atoms with Crippen LogP contribution in [0.3, 0.4) is 0 Å². The molecule has 6 aromatic heterocycles. The minimum absolute atomic E-state index is 0.0844. The van der Waals surface area contributed by atoms with Crippen molar-refractivity contribution in [3.05, 3.63) is 91.8 Å². The molecule has 0 unspecified atom stereocenters. The zero-order valence-corrected chi connectivity index (χ0v) is 31.6. The molecule has 0 radical (unpaired) electrons. The molecular weight excluding hydrogens is 727 g/mol. The van der Waals surface area contributed by atoms with E-state index >= 15 is 0 Å². The number of aromatic nitrogens is 9.